The number of morpholine rings is 1. The predicted octanol–water partition coefficient (Wildman–Crippen LogP) is 1.45. The van der Waals surface area contributed by atoms with Crippen LogP contribution in [0.25, 0.3) is 0 Å². The summed E-state index contributed by atoms with van der Waals surface area (Å²) in [7, 11) is 0. The van der Waals surface area contributed by atoms with Crippen LogP contribution in [0.1, 0.15) is 40.2 Å². The maximum Gasteiger partial charge on any atom is 0.412 e. The van der Waals surface area contributed by atoms with Crippen LogP contribution in [0.3, 0.4) is 0 Å². The van der Waals surface area contributed by atoms with E-state index in [0.717, 1.165) is 0 Å². The zero-order valence-corrected chi connectivity index (χ0v) is 19.0. The molecule has 3 aliphatic rings. The summed E-state index contributed by atoms with van der Waals surface area (Å²) < 4.78 is 11.0. The summed E-state index contributed by atoms with van der Waals surface area (Å²) in [6.45, 7) is 8.48. The van der Waals surface area contributed by atoms with Crippen molar-refractivity contribution in [1.29, 1.82) is 0 Å². The molecule has 0 radical (unpaired) electrons. The Labute approximate surface area is 190 Å². The van der Waals surface area contributed by atoms with Gasteiger partial charge in [-0.3, -0.25) is 30.3 Å². The van der Waals surface area contributed by atoms with Crippen LogP contribution in [-0.4, -0.2) is 53.7 Å². The molecule has 1 aromatic carbocycles. The van der Waals surface area contributed by atoms with Crippen LogP contribution in [0.5, 0.6) is 0 Å². The smallest absolute Gasteiger partial charge is 0.412 e. The molecule has 0 bridgehead atoms. The molecule has 0 aromatic heterocycles. The van der Waals surface area contributed by atoms with Crippen LogP contribution < -0.4 is 20.9 Å². The maximum absolute atomic E-state index is 13.2. The largest absolute Gasteiger partial charge is 0.444 e. The normalized spacial score (nSPS) is 26.2. The third-order valence-electron chi connectivity index (χ3n) is 5.95. The van der Waals surface area contributed by atoms with E-state index in [1.807, 2.05) is 0 Å². The van der Waals surface area contributed by atoms with Gasteiger partial charge >= 0.3 is 12.1 Å². The molecule has 11 heteroatoms. The lowest BCUT2D eigenvalue weighted by Gasteiger charge is -2.54. The Morgan fingerprint density at radius 1 is 1.15 bits per heavy atom. The van der Waals surface area contributed by atoms with Crippen LogP contribution in [0.15, 0.2) is 18.2 Å². The number of nitrogens with one attached hydrogen (secondary N) is 3. The fourth-order valence-corrected chi connectivity index (χ4v) is 4.75. The molecular formula is C22H26N4O7. The van der Waals surface area contributed by atoms with Crippen molar-refractivity contribution in [2.75, 3.05) is 10.2 Å². The second kappa shape index (κ2) is 7.55. The molecular weight excluding hydrogens is 432 g/mol. The number of nitrogens with zero attached hydrogens (tertiary/aromatic N) is 1. The first-order valence-electron chi connectivity index (χ1n) is 10.6. The number of ether oxygens (including phenoxy) is 2. The van der Waals surface area contributed by atoms with Gasteiger partial charge < -0.3 is 14.4 Å². The van der Waals surface area contributed by atoms with E-state index in [1.165, 1.54) is 4.90 Å². The minimum absolute atomic E-state index is 0.104. The summed E-state index contributed by atoms with van der Waals surface area (Å²) in [6, 6.07) is 2.96. The predicted molar refractivity (Wildman–Crippen MR) is 115 cm³/mol. The summed E-state index contributed by atoms with van der Waals surface area (Å²) in [5.41, 5.74) is -1.14. The summed E-state index contributed by atoms with van der Waals surface area (Å²) >= 11 is 0. The summed E-state index contributed by atoms with van der Waals surface area (Å²) in [5.74, 6) is -2.02. The lowest BCUT2D eigenvalue weighted by molar-refractivity contribution is -0.159. The van der Waals surface area contributed by atoms with Crippen molar-refractivity contribution in [3.63, 3.8) is 0 Å². The zero-order valence-electron chi connectivity index (χ0n) is 19.0. The molecule has 1 spiro atoms. The van der Waals surface area contributed by atoms with Gasteiger partial charge in [0.15, 0.2) is 5.41 Å². The van der Waals surface area contributed by atoms with Crippen LogP contribution >= 0.6 is 0 Å². The quantitative estimate of drug-likeness (QED) is 0.541. The number of hydrogen-bond donors (Lipinski definition) is 3. The van der Waals surface area contributed by atoms with Gasteiger partial charge in [0.1, 0.15) is 11.7 Å². The highest BCUT2D eigenvalue weighted by Gasteiger charge is 2.64. The topological polar surface area (TPSA) is 143 Å². The SMILES string of the molecule is CC1OC(C)C2N(C1=O)c1ccc(NC(=O)OC(C)(C)C)cc1CC21C(=O)NC(=O)NC1=O. The van der Waals surface area contributed by atoms with Gasteiger partial charge in [0.05, 0.1) is 12.1 Å². The van der Waals surface area contributed by atoms with E-state index in [1.54, 1.807) is 52.8 Å². The standard InChI is InChI=1S/C22H26N4O7/c1-10-15-22(17(28)24-19(30)25-18(22)29)9-12-8-13(23-20(31)33-21(3,4)5)6-7-14(12)26(15)16(27)11(2)32-10/h6-8,10-11,15H,9H2,1-5H3,(H,23,31)(H2,24,25,28,29,30). The Bertz CT molecular complexity index is 1060. The van der Waals surface area contributed by atoms with Gasteiger partial charge in [0, 0.05) is 17.8 Å². The number of hydrogen-bond acceptors (Lipinski definition) is 7. The number of carbonyl (C=O) groups is 5. The first-order valence-corrected chi connectivity index (χ1v) is 10.6. The minimum Gasteiger partial charge on any atom is -0.444 e. The number of urea groups is 1. The molecule has 176 valence electrons. The van der Waals surface area contributed by atoms with Gasteiger partial charge in [-0.05, 0) is 58.4 Å². The zero-order chi connectivity index (χ0) is 24.3. The molecule has 6 amide bonds. The van der Waals surface area contributed by atoms with Crippen molar-refractivity contribution >= 4 is 41.2 Å². The number of imide groups is 2. The molecule has 0 saturated carbocycles. The lowest BCUT2D eigenvalue weighted by atomic mass is 9.66. The van der Waals surface area contributed by atoms with E-state index in [9.17, 15) is 24.0 Å². The van der Waals surface area contributed by atoms with Gasteiger partial charge in [-0.25, -0.2) is 9.59 Å². The van der Waals surface area contributed by atoms with Gasteiger partial charge in [-0.15, -0.1) is 0 Å². The number of fused-ring (bicyclic) bond motifs is 4. The van der Waals surface area contributed by atoms with E-state index < -0.39 is 59.1 Å². The second-order valence-corrected chi connectivity index (χ2v) is 9.49. The second-order valence-electron chi connectivity index (χ2n) is 9.49. The van der Waals surface area contributed by atoms with Gasteiger partial charge in [0.2, 0.25) is 11.8 Å². The van der Waals surface area contributed by atoms with E-state index in [0.29, 0.717) is 16.9 Å². The van der Waals surface area contributed by atoms with Gasteiger partial charge in [-0.2, -0.15) is 0 Å². The minimum atomic E-state index is -1.79. The van der Waals surface area contributed by atoms with Crippen LogP contribution in [0.4, 0.5) is 21.0 Å². The van der Waals surface area contributed by atoms with Crippen molar-refractivity contribution < 1.29 is 33.4 Å². The molecule has 3 atom stereocenters. The fraction of sp³-hybridized carbons (Fsp3) is 0.500. The Morgan fingerprint density at radius 2 is 1.79 bits per heavy atom. The number of carbonyl (C=O) groups excluding carboxylic acids is 5. The third-order valence-corrected chi connectivity index (χ3v) is 5.95. The fourth-order valence-electron chi connectivity index (χ4n) is 4.75. The third kappa shape index (κ3) is 3.71. The van der Waals surface area contributed by atoms with Crippen molar-refractivity contribution in [2.24, 2.45) is 5.41 Å². The molecule has 33 heavy (non-hydrogen) atoms. The molecule has 11 nitrogen and oxygen atoms in total. The number of barbiturate groups is 1. The first kappa shape index (κ1) is 22.7. The summed E-state index contributed by atoms with van der Waals surface area (Å²) in [6.07, 6.45) is -2.24. The monoisotopic (exact) mass is 458 g/mol. The summed E-state index contributed by atoms with van der Waals surface area (Å²) in [5, 5.41) is 6.95. The van der Waals surface area contributed by atoms with Crippen molar-refractivity contribution in [3.8, 4) is 0 Å². The average molecular weight is 458 g/mol. The van der Waals surface area contributed by atoms with Gasteiger partial charge in [0.25, 0.3) is 5.91 Å². The van der Waals surface area contributed by atoms with E-state index in [4.69, 9.17) is 9.47 Å². The lowest BCUT2D eigenvalue weighted by Crippen LogP contribution is -2.76. The highest BCUT2D eigenvalue weighted by atomic mass is 16.6. The molecule has 3 aliphatic heterocycles. The van der Waals surface area contributed by atoms with Gasteiger partial charge in [-0.1, -0.05) is 0 Å². The molecule has 3 unspecified atom stereocenters. The molecule has 0 aliphatic carbocycles. The molecule has 1 aromatic rings. The highest BCUT2D eigenvalue weighted by Crippen LogP contribution is 2.47. The van der Waals surface area contributed by atoms with Crippen molar-refractivity contribution in [2.45, 2.75) is 64.9 Å². The van der Waals surface area contributed by atoms with Crippen LogP contribution in [0, 0.1) is 5.41 Å². The number of anilines is 2. The van der Waals surface area contributed by atoms with Crippen LogP contribution in [-0.2, 0) is 30.3 Å². The Hall–Kier alpha value is -3.47. The average Bonchev–Trinajstić information content (AvgIpc) is 2.67. The van der Waals surface area contributed by atoms with Crippen molar-refractivity contribution in [3.05, 3.63) is 23.8 Å². The maximum atomic E-state index is 13.2. The Morgan fingerprint density at radius 3 is 2.39 bits per heavy atom. The molecule has 3 N–H and O–H groups in total. The first-order chi connectivity index (χ1) is 15.3. The molecule has 3 heterocycles. The van der Waals surface area contributed by atoms with Crippen molar-refractivity contribution in [1.82, 2.24) is 10.6 Å². The number of benzene rings is 1. The number of rotatable bonds is 1. The molecule has 2 fully saturated rings. The van der Waals surface area contributed by atoms with E-state index in [2.05, 4.69) is 16.0 Å². The van der Waals surface area contributed by atoms with E-state index in [-0.39, 0.29) is 6.42 Å². The Kier molecular flexibility index (Phi) is 5.19. The molecule has 2 saturated heterocycles. The summed E-state index contributed by atoms with van der Waals surface area (Å²) in [4.78, 5) is 64.8. The Balaban J connectivity index is 1.80. The highest BCUT2D eigenvalue weighted by molar-refractivity contribution is 6.21. The molecule has 4 rings (SSSR count). The van der Waals surface area contributed by atoms with E-state index >= 15 is 0 Å². The van der Waals surface area contributed by atoms with Crippen LogP contribution in [0.2, 0.25) is 0 Å². The number of amides is 6.